The quantitative estimate of drug-likeness (QED) is 0.637. The Labute approximate surface area is 150 Å². The van der Waals surface area contributed by atoms with Gasteiger partial charge in [0, 0.05) is 16.7 Å². The lowest BCUT2D eigenvalue weighted by Crippen LogP contribution is -2.30. The van der Waals surface area contributed by atoms with Crippen molar-refractivity contribution in [1.82, 2.24) is 5.09 Å². The Kier molecular flexibility index (Phi) is 5.53. The Bertz CT molecular complexity index is 818. The van der Waals surface area contributed by atoms with Crippen LogP contribution in [0.2, 0.25) is 0 Å². The molecule has 3 aromatic rings. The molecule has 1 atom stereocenters. The minimum atomic E-state index is -2.93. The van der Waals surface area contributed by atoms with Crippen molar-refractivity contribution in [2.75, 3.05) is 0 Å². The van der Waals surface area contributed by atoms with Crippen molar-refractivity contribution < 1.29 is 4.57 Å². The Morgan fingerprint density at radius 2 is 1.28 bits per heavy atom. The van der Waals surface area contributed by atoms with Crippen molar-refractivity contribution in [3.05, 3.63) is 96.1 Å². The lowest BCUT2D eigenvalue weighted by molar-refractivity contribution is 0.555. The lowest BCUT2D eigenvalue weighted by atomic mass is 10.0. The molecule has 0 aromatic heterocycles. The summed E-state index contributed by atoms with van der Waals surface area (Å²) in [6.07, 6.45) is 0.870. The van der Waals surface area contributed by atoms with Gasteiger partial charge in [0.15, 0.2) is 0 Å². The fraction of sp³-hybridized carbons (Fsp3) is 0.182. The molecule has 0 fully saturated rings. The predicted molar refractivity (Wildman–Crippen MR) is 107 cm³/mol. The van der Waals surface area contributed by atoms with Crippen LogP contribution in [0.1, 0.15) is 30.5 Å². The highest BCUT2D eigenvalue weighted by Crippen LogP contribution is 2.42. The van der Waals surface area contributed by atoms with Crippen molar-refractivity contribution >= 4 is 17.9 Å². The van der Waals surface area contributed by atoms with Crippen molar-refractivity contribution in [1.29, 1.82) is 0 Å². The Balaban J connectivity index is 2.07. The molecule has 3 aromatic carbocycles. The second-order valence-electron chi connectivity index (χ2n) is 6.23. The molecule has 0 spiro atoms. The maximum absolute atomic E-state index is 14.2. The van der Waals surface area contributed by atoms with Crippen LogP contribution >= 0.6 is 7.29 Å². The first-order valence-corrected chi connectivity index (χ1v) is 10.4. The fourth-order valence-corrected chi connectivity index (χ4v) is 5.69. The number of hydrogen-bond acceptors (Lipinski definition) is 1. The second-order valence-corrected chi connectivity index (χ2v) is 8.74. The van der Waals surface area contributed by atoms with Crippen molar-refractivity contribution in [2.24, 2.45) is 0 Å². The zero-order valence-electron chi connectivity index (χ0n) is 14.7. The second kappa shape index (κ2) is 7.82. The van der Waals surface area contributed by atoms with Crippen LogP contribution < -0.4 is 15.7 Å². The molecule has 1 N–H and O–H groups in total. The van der Waals surface area contributed by atoms with Crippen LogP contribution in [0.3, 0.4) is 0 Å². The minimum absolute atomic E-state index is 0.0347. The van der Waals surface area contributed by atoms with E-state index in [1.54, 1.807) is 0 Å². The van der Waals surface area contributed by atoms with Gasteiger partial charge in [-0.25, -0.2) is 0 Å². The van der Waals surface area contributed by atoms with Gasteiger partial charge < -0.3 is 0 Å². The molecule has 0 bridgehead atoms. The van der Waals surface area contributed by atoms with Gasteiger partial charge in [0.2, 0.25) is 7.29 Å². The van der Waals surface area contributed by atoms with Crippen LogP contribution in [0.5, 0.6) is 0 Å². The molecule has 0 saturated carbocycles. The number of hydrogen-bond donors (Lipinski definition) is 1. The van der Waals surface area contributed by atoms with E-state index in [1.807, 2.05) is 72.8 Å². The van der Waals surface area contributed by atoms with E-state index in [-0.39, 0.29) is 6.04 Å². The van der Waals surface area contributed by atoms with Crippen molar-refractivity contribution in [3.8, 4) is 0 Å². The molecule has 0 unspecified atom stereocenters. The highest BCUT2D eigenvalue weighted by Gasteiger charge is 2.30. The van der Waals surface area contributed by atoms with E-state index in [1.165, 1.54) is 11.1 Å². The third-order valence-electron chi connectivity index (χ3n) is 4.55. The Morgan fingerprint density at radius 3 is 1.76 bits per heavy atom. The molecular formula is C22H24NOP. The van der Waals surface area contributed by atoms with Crippen LogP contribution in [0, 0.1) is 6.92 Å². The van der Waals surface area contributed by atoms with E-state index < -0.39 is 7.29 Å². The molecule has 0 aliphatic carbocycles. The zero-order valence-corrected chi connectivity index (χ0v) is 15.6. The summed E-state index contributed by atoms with van der Waals surface area (Å²) in [5.41, 5.74) is 2.42. The predicted octanol–water partition coefficient (Wildman–Crippen LogP) is 4.96. The van der Waals surface area contributed by atoms with E-state index in [4.69, 9.17) is 0 Å². The summed E-state index contributed by atoms with van der Waals surface area (Å²) in [5.74, 6) is 0. The Hall–Kier alpha value is -2.15. The summed E-state index contributed by atoms with van der Waals surface area (Å²) < 4.78 is 14.2. The number of aryl methyl sites for hydroxylation is 1. The van der Waals surface area contributed by atoms with Gasteiger partial charge in [-0.2, -0.15) is 0 Å². The van der Waals surface area contributed by atoms with Gasteiger partial charge in [0.25, 0.3) is 0 Å². The fourth-order valence-electron chi connectivity index (χ4n) is 3.15. The monoisotopic (exact) mass is 349 g/mol. The van der Waals surface area contributed by atoms with Gasteiger partial charge in [-0.1, -0.05) is 67.6 Å². The van der Waals surface area contributed by atoms with E-state index in [9.17, 15) is 4.57 Å². The summed E-state index contributed by atoms with van der Waals surface area (Å²) in [4.78, 5) is 0. The first-order chi connectivity index (χ1) is 12.1. The molecule has 2 nitrogen and oxygen atoms in total. The molecule has 0 amide bonds. The molecule has 0 saturated heterocycles. The maximum Gasteiger partial charge on any atom is 0.205 e. The van der Waals surface area contributed by atoms with E-state index in [0.717, 1.165) is 17.0 Å². The third-order valence-corrected chi connectivity index (χ3v) is 7.28. The molecular weight excluding hydrogens is 325 g/mol. The van der Waals surface area contributed by atoms with Gasteiger partial charge in [-0.15, -0.1) is 0 Å². The smallest absolute Gasteiger partial charge is 0.205 e. The van der Waals surface area contributed by atoms with E-state index >= 15 is 0 Å². The standard InChI is InChI=1S/C22H24NOP/c1-3-22(21-17-11-10-12-18(21)2)23-25(24,19-13-6-4-7-14-19)20-15-8-5-9-16-20/h4-17,22H,3H2,1-2H3,(H,23,24)/t22-/m0/s1. The summed E-state index contributed by atoms with van der Waals surface area (Å²) in [6.45, 7) is 4.24. The summed E-state index contributed by atoms with van der Waals surface area (Å²) in [6, 6.07) is 27.8. The molecule has 25 heavy (non-hydrogen) atoms. The maximum atomic E-state index is 14.2. The normalized spacial score (nSPS) is 12.7. The number of nitrogens with one attached hydrogen (secondary N) is 1. The van der Waals surface area contributed by atoms with Crippen molar-refractivity contribution in [3.63, 3.8) is 0 Å². The number of rotatable bonds is 6. The van der Waals surface area contributed by atoms with Crippen LogP contribution in [0.15, 0.2) is 84.9 Å². The summed E-state index contributed by atoms with van der Waals surface area (Å²) >= 11 is 0. The first kappa shape index (κ1) is 17.7. The highest BCUT2D eigenvalue weighted by molar-refractivity contribution is 7.76. The molecule has 0 aliphatic heterocycles. The third kappa shape index (κ3) is 3.76. The SMILES string of the molecule is CC[C@H](NP(=O)(c1ccccc1)c1ccccc1)c1ccccc1C. The minimum Gasteiger partial charge on any atom is -0.297 e. The largest absolute Gasteiger partial charge is 0.297 e. The van der Waals surface area contributed by atoms with Gasteiger partial charge >= 0.3 is 0 Å². The van der Waals surface area contributed by atoms with E-state index in [2.05, 4.69) is 31.1 Å². The molecule has 0 heterocycles. The molecule has 3 rings (SSSR count). The van der Waals surface area contributed by atoms with Gasteiger partial charge in [0.1, 0.15) is 0 Å². The molecule has 0 radical (unpaired) electrons. The lowest BCUT2D eigenvalue weighted by Gasteiger charge is -2.27. The van der Waals surface area contributed by atoms with Crippen LogP contribution in [-0.2, 0) is 4.57 Å². The Morgan fingerprint density at radius 1 is 0.800 bits per heavy atom. The van der Waals surface area contributed by atoms with E-state index in [0.29, 0.717) is 0 Å². The highest BCUT2D eigenvalue weighted by atomic mass is 31.2. The van der Waals surface area contributed by atoms with Gasteiger partial charge in [0.05, 0.1) is 0 Å². The average molecular weight is 349 g/mol. The van der Waals surface area contributed by atoms with Crippen LogP contribution in [0.25, 0.3) is 0 Å². The summed E-state index contributed by atoms with van der Waals surface area (Å²) in [5, 5.41) is 5.21. The zero-order chi connectivity index (χ0) is 17.7. The van der Waals surface area contributed by atoms with Crippen molar-refractivity contribution in [2.45, 2.75) is 26.3 Å². The topological polar surface area (TPSA) is 29.1 Å². The number of benzene rings is 3. The van der Waals surface area contributed by atoms with Gasteiger partial charge in [-0.3, -0.25) is 9.65 Å². The molecule has 0 aliphatic rings. The van der Waals surface area contributed by atoms with Crippen LogP contribution in [-0.4, -0.2) is 0 Å². The first-order valence-electron chi connectivity index (χ1n) is 8.69. The van der Waals surface area contributed by atoms with Crippen LogP contribution in [0.4, 0.5) is 0 Å². The molecule has 3 heteroatoms. The summed E-state index contributed by atoms with van der Waals surface area (Å²) in [7, 11) is -2.93. The van der Waals surface area contributed by atoms with Gasteiger partial charge in [-0.05, 0) is 48.7 Å². The average Bonchev–Trinajstić information content (AvgIpc) is 2.68. The molecule has 128 valence electrons.